The number of ether oxygens (including phenoxy) is 1. The Morgan fingerprint density at radius 3 is 2.76 bits per heavy atom. The minimum atomic E-state index is -3.38. The van der Waals surface area contributed by atoms with Crippen molar-refractivity contribution in [3.05, 3.63) is 34.9 Å². The largest absolute Gasteiger partial charge is 0.478 e. The first kappa shape index (κ1) is 14.5. The number of hydrogen-bond acceptors (Lipinski definition) is 4. The number of carboxylic acid groups (broad SMARTS) is 1. The van der Waals surface area contributed by atoms with Gasteiger partial charge >= 0.3 is 5.97 Å². The number of carboxylic acids is 1. The molecule has 0 radical (unpaired) electrons. The van der Waals surface area contributed by atoms with Gasteiger partial charge < -0.3 is 9.84 Å². The minimum absolute atomic E-state index is 0.00672. The van der Waals surface area contributed by atoms with Gasteiger partial charge in [-0.05, 0) is 36.1 Å². The van der Waals surface area contributed by atoms with Crippen LogP contribution in [0.4, 0.5) is 0 Å². The predicted octanol–water partition coefficient (Wildman–Crippen LogP) is 1.21. The molecule has 1 N–H and O–H groups in total. The molecule has 1 atom stereocenters. The number of rotatable bonds is 4. The molecule has 114 valence electrons. The van der Waals surface area contributed by atoms with Crippen molar-refractivity contribution < 1.29 is 23.1 Å². The van der Waals surface area contributed by atoms with Crippen molar-refractivity contribution in [1.29, 1.82) is 0 Å². The summed E-state index contributed by atoms with van der Waals surface area (Å²) in [5.41, 5.74) is 1.83. The molecule has 0 aromatic heterocycles. The Bertz CT molecular complexity index is 664. The molecule has 0 aliphatic carbocycles. The van der Waals surface area contributed by atoms with Crippen molar-refractivity contribution in [3.8, 4) is 0 Å². The molecule has 1 aromatic rings. The summed E-state index contributed by atoms with van der Waals surface area (Å²) in [7, 11) is -3.38. The lowest BCUT2D eigenvalue weighted by Gasteiger charge is -2.18. The Labute approximate surface area is 123 Å². The molecule has 3 rings (SSSR count). The number of hydrogen-bond donors (Lipinski definition) is 1. The highest BCUT2D eigenvalue weighted by Gasteiger charge is 2.32. The molecule has 1 aromatic carbocycles. The van der Waals surface area contributed by atoms with Crippen LogP contribution in [0.1, 0.15) is 34.3 Å². The molecule has 2 aliphatic heterocycles. The lowest BCUT2D eigenvalue weighted by atomic mass is 10.1. The highest BCUT2D eigenvalue weighted by Crippen LogP contribution is 2.27. The van der Waals surface area contributed by atoms with Gasteiger partial charge in [0.15, 0.2) is 0 Å². The van der Waals surface area contributed by atoms with Crippen LogP contribution < -0.4 is 0 Å². The highest BCUT2D eigenvalue weighted by atomic mass is 32.2. The van der Waals surface area contributed by atoms with Crippen LogP contribution in [0, 0.1) is 0 Å². The maximum Gasteiger partial charge on any atom is 0.335 e. The molecule has 1 unspecified atom stereocenters. The van der Waals surface area contributed by atoms with Crippen LogP contribution >= 0.6 is 0 Å². The number of aromatic carboxylic acids is 1. The maximum atomic E-state index is 12.4. The van der Waals surface area contributed by atoms with E-state index in [0.29, 0.717) is 13.2 Å². The van der Waals surface area contributed by atoms with E-state index in [9.17, 15) is 13.2 Å². The van der Waals surface area contributed by atoms with Gasteiger partial charge in [-0.1, -0.05) is 6.07 Å². The lowest BCUT2D eigenvalue weighted by Crippen LogP contribution is -2.33. The first-order valence-corrected chi connectivity index (χ1v) is 8.51. The molecule has 0 spiro atoms. The number of sulfonamides is 1. The lowest BCUT2D eigenvalue weighted by molar-refractivity contribution is 0.0696. The van der Waals surface area contributed by atoms with Crippen LogP contribution in [-0.4, -0.2) is 42.3 Å². The van der Waals surface area contributed by atoms with Crippen molar-refractivity contribution in [2.75, 3.05) is 12.4 Å². The van der Waals surface area contributed by atoms with Gasteiger partial charge in [0.05, 0.1) is 17.4 Å². The smallest absolute Gasteiger partial charge is 0.335 e. The van der Waals surface area contributed by atoms with Crippen LogP contribution in [-0.2, 0) is 27.8 Å². The molecule has 6 nitrogen and oxygen atoms in total. The van der Waals surface area contributed by atoms with E-state index in [1.54, 1.807) is 12.1 Å². The zero-order chi connectivity index (χ0) is 15.0. The normalized spacial score (nSPS) is 22.4. The molecule has 21 heavy (non-hydrogen) atoms. The number of nitrogens with zero attached hydrogens (tertiary/aromatic N) is 1. The summed E-state index contributed by atoms with van der Waals surface area (Å²) in [6.45, 7) is 1.18. The van der Waals surface area contributed by atoms with Crippen molar-refractivity contribution in [1.82, 2.24) is 4.31 Å². The summed E-state index contributed by atoms with van der Waals surface area (Å²) in [4.78, 5) is 11.0. The second kappa shape index (κ2) is 5.40. The first-order chi connectivity index (χ1) is 9.95. The molecule has 7 heteroatoms. The molecule has 0 bridgehead atoms. The summed E-state index contributed by atoms with van der Waals surface area (Å²) in [6, 6.07) is 4.76. The minimum Gasteiger partial charge on any atom is -0.478 e. The Morgan fingerprint density at radius 1 is 1.33 bits per heavy atom. The summed E-state index contributed by atoms with van der Waals surface area (Å²) in [6.07, 6.45) is 1.47. The standard InChI is InChI=1S/C14H17NO5S/c16-14(17)10-3-4-11-7-15(8-12(11)6-10)21(18,19)9-13-2-1-5-20-13/h3-4,6,13H,1-2,5,7-9H2,(H,16,17). The average Bonchev–Trinajstić information content (AvgIpc) is 3.05. The number of carbonyl (C=O) groups is 1. The van der Waals surface area contributed by atoms with Crippen molar-refractivity contribution in [2.45, 2.75) is 32.0 Å². The SMILES string of the molecule is O=C(O)c1ccc2c(c1)CN(S(=O)(=O)CC1CCCO1)C2. The van der Waals surface area contributed by atoms with Gasteiger partial charge in [0, 0.05) is 19.7 Å². The third-order valence-electron chi connectivity index (χ3n) is 3.96. The number of fused-ring (bicyclic) bond motifs is 1. The topological polar surface area (TPSA) is 83.9 Å². The van der Waals surface area contributed by atoms with Crippen LogP contribution in [0.25, 0.3) is 0 Å². The van der Waals surface area contributed by atoms with Crippen molar-refractivity contribution in [2.24, 2.45) is 0 Å². The average molecular weight is 311 g/mol. The molecular formula is C14H17NO5S. The zero-order valence-corrected chi connectivity index (χ0v) is 12.3. The van der Waals surface area contributed by atoms with Gasteiger partial charge in [-0.3, -0.25) is 0 Å². The number of benzene rings is 1. The van der Waals surface area contributed by atoms with Gasteiger partial charge in [-0.25, -0.2) is 13.2 Å². The third kappa shape index (κ3) is 2.95. The highest BCUT2D eigenvalue weighted by molar-refractivity contribution is 7.89. The van der Waals surface area contributed by atoms with E-state index >= 15 is 0 Å². The van der Waals surface area contributed by atoms with E-state index in [1.165, 1.54) is 10.4 Å². The van der Waals surface area contributed by atoms with Gasteiger partial charge in [-0.2, -0.15) is 4.31 Å². The fraction of sp³-hybridized carbons (Fsp3) is 0.500. The fourth-order valence-corrected chi connectivity index (χ4v) is 4.42. The van der Waals surface area contributed by atoms with E-state index < -0.39 is 16.0 Å². The molecule has 1 fully saturated rings. The van der Waals surface area contributed by atoms with E-state index in [-0.39, 0.29) is 24.0 Å². The Balaban J connectivity index is 1.75. The van der Waals surface area contributed by atoms with Gasteiger partial charge in [0.1, 0.15) is 0 Å². The van der Waals surface area contributed by atoms with Gasteiger partial charge in [0.2, 0.25) is 10.0 Å². The summed E-state index contributed by atoms with van der Waals surface area (Å²) in [5, 5.41) is 8.98. The van der Waals surface area contributed by atoms with Gasteiger partial charge in [0.25, 0.3) is 0 Å². The third-order valence-corrected chi connectivity index (χ3v) is 5.80. The van der Waals surface area contributed by atoms with Crippen molar-refractivity contribution in [3.63, 3.8) is 0 Å². The van der Waals surface area contributed by atoms with E-state index in [1.807, 2.05) is 0 Å². The van der Waals surface area contributed by atoms with Crippen LogP contribution in [0.15, 0.2) is 18.2 Å². The van der Waals surface area contributed by atoms with E-state index in [0.717, 1.165) is 24.0 Å². The molecule has 0 amide bonds. The van der Waals surface area contributed by atoms with Crippen LogP contribution in [0.2, 0.25) is 0 Å². The second-order valence-electron chi connectivity index (χ2n) is 5.47. The Kier molecular flexibility index (Phi) is 3.73. The summed E-state index contributed by atoms with van der Waals surface area (Å²) in [5.74, 6) is -0.995. The summed E-state index contributed by atoms with van der Waals surface area (Å²) >= 11 is 0. The molecule has 0 saturated carbocycles. The second-order valence-corrected chi connectivity index (χ2v) is 7.48. The molecule has 2 heterocycles. The quantitative estimate of drug-likeness (QED) is 0.903. The molecule has 1 saturated heterocycles. The zero-order valence-electron chi connectivity index (χ0n) is 11.5. The predicted molar refractivity (Wildman–Crippen MR) is 75.4 cm³/mol. The van der Waals surface area contributed by atoms with Crippen LogP contribution in [0.5, 0.6) is 0 Å². The van der Waals surface area contributed by atoms with Gasteiger partial charge in [-0.15, -0.1) is 0 Å². The Hall–Kier alpha value is -1.44. The molecule has 2 aliphatic rings. The van der Waals surface area contributed by atoms with E-state index in [4.69, 9.17) is 9.84 Å². The van der Waals surface area contributed by atoms with Crippen LogP contribution in [0.3, 0.4) is 0 Å². The fourth-order valence-electron chi connectivity index (χ4n) is 2.81. The maximum absolute atomic E-state index is 12.4. The van der Waals surface area contributed by atoms with Crippen molar-refractivity contribution >= 4 is 16.0 Å². The monoisotopic (exact) mass is 311 g/mol. The molecular weight excluding hydrogens is 294 g/mol. The Morgan fingerprint density at radius 2 is 2.10 bits per heavy atom. The van der Waals surface area contributed by atoms with E-state index in [2.05, 4.69) is 0 Å². The summed E-state index contributed by atoms with van der Waals surface area (Å²) < 4.78 is 31.6. The first-order valence-electron chi connectivity index (χ1n) is 6.90.